The summed E-state index contributed by atoms with van der Waals surface area (Å²) in [5.41, 5.74) is 6.27. The first kappa shape index (κ1) is 12.8. The van der Waals surface area contributed by atoms with E-state index in [1.165, 1.54) is 4.57 Å². The summed E-state index contributed by atoms with van der Waals surface area (Å²) in [6.07, 6.45) is 1.95. The van der Waals surface area contributed by atoms with Gasteiger partial charge in [0.05, 0.1) is 6.04 Å². The van der Waals surface area contributed by atoms with Crippen molar-refractivity contribution in [3.05, 3.63) is 58.6 Å². The molecule has 20 heavy (non-hydrogen) atoms. The zero-order valence-electron chi connectivity index (χ0n) is 11.1. The van der Waals surface area contributed by atoms with Crippen molar-refractivity contribution < 1.29 is 4.84 Å². The van der Waals surface area contributed by atoms with Crippen molar-refractivity contribution in [1.82, 2.24) is 14.6 Å². The molecule has 0 bridgehead atoms. The van der Waals surface area contributed by atoms with E-state index in [1.807, 2.05) is 25.2 Å². The molecule has 0 unspecified atom stereocenters. The molecule has 2 N–H and O–H groups in total. The van der Waals surface area contributed by atoms with Crippen LogP contribution in [-0.4, -0.2) is 21.7 Å². The molecule has 1 aliphatic heterocycles. The molecular formula is C14H16N4O2. The summed E-state index contributed by atoms with van der Waals surface area (Å²) >= 11 is 0. The highest BCUT2D eigenvalue weighted by Crippen LogP contribution is 2.36. The summed E-state index contributed by atoms with van der Waals surface area (Å²) in [6.45, 7) is 0. The van der Waals surface area contributed by atoms with Gasteiger partial charge in [0.2, 0.25) is 0 Å². The fourth-order valence-electron chi connectivity index (χ4n) is 2.48. The number of rotatable bonds is 2. The molecule has 104 valence electrons. The van der Waals surface area contributed by atoms with Crippen LogP contribution in [0.2, 0.25) is 0 Å². The molecule has 2 heterocycles. The van der Waals surface area contributed by atoms with E-state index in [0.29, 0.717) is 6.42 Å². The maximum atomic E-state index is 11.9. The topological polar surface area (TPSA) is 73.4 Å². The van der Waals surface area contributed by atoms with Gasteiger partial charge in [-0.1, -0.05) is 30.3 Å². The Labute approximate surface area is 116 Å². The number of hydroxylamine groups is 2. The van der Waals surface area contributed by atoms with Gasteiger partial charge in [-0.25, -0.2) is 4.79 Å². The smallest absolute Gasteiger partial charge is 0.351 e. The van der Waals surface area contributed by atoms with E-state index in [0.717, 1.165) is 5.56 Å². The summed E-state index contributed by atoms with van der Waals surface area (Å²) in [7, 11) is 1.87. The highest BCUT2D eigenvalue weighted by Gasteiger charge is 2.33. The Morgan fingerprint density at radius 1 is 1.30 bits per heavy atom. The van der Waals surface area contributed by atoms with Gasteiger partial charge in [-0.05, 0) is 11.6 Å². The third kappa shape index (κ3) is 2.31. The molecule has 1 aromatic heterocycles. The SMILES string of the molecule is CN1O[C@@H](n2ccc(N)nc2=O)C[C@@H]1c1ccccc1. The van der Waals surface area contributed by atoms with Crippen LogP contribution in [0.3, 0.4) is 0 Å². The van der Waals surface area contributed by atoms with Gasteiger partial charge in [0.25, 0.3) is 0 Å². The molecule has 1 aliphatic rings. The second-order valence-electron chi connectivity index (χ2n) is 4.81. The van der Waals surface area contributed by atoms with Gasteiger partial charge in [-0.3, -0.25) is 9.40 Å². The van der Waals surface area contributed by atoms with Crippen LogP contribution in [0.4, 0.5) is 5.82 Å². The Morgan fingerprint density at radius 2 is 2.05 bits per heavy atom. The van der Waals surface area contributed by atoms with Crippen LogP contribution in [0.15, 0.2) is 47.4 Å². The number of nitrogens with zero attached hydrogens (tertiary/aromatic N) is 3. The van der Waals surface area contributed by atoms with Gasteiger partial charge in [0.1, 0.15) is 5.82 Å². The van der Waals surface area contributed by atoms with E-state index in [4.69, 9.17) is 10.6 Å². The number of hydrogen-bond acceptors (Lipinski definition) is 5. The van der Waals surface area contributed by atoms with Crippen molar-refractivity contribution >= 4 is 5.82 Å². The summed E-state index contributed by atoms with van der Waals surface area (Å²) in [6, 6.07) is 11.8. The minimum absolute atomic E-state index is 0.116. The normalized spacial score (nSPS) is 23.1. The van der Waals surface area contributed by atoms with E-state index in [1.54, 1.807) is 17.3 Å². The molecule has 0 radical (unpaired) electrons. The molecular weight excluding hydrogens is 256 g/mol. The van der Waals surface area contributed by atoms with Crippen molar-refractivity contribution in [2.24, 2.45) is 0 Å². The second-order valence-corrected chi connectivity index (χ2v) is 4.81. The number of nitrogen functional groups attached to an aromatic ring is 1. The Morgan fingerprint density at radius 3 is 2.75 bits per heavy atom. The van der Waals surface area contributed by atoms with E-state index in [9.17, 15) is 4.79 Å². The molecule has 1 aromatic carbocycles. The Kier molecular flexibility index (Phi) is 3.25. The summed E-state index contributed by atoms with van der Waals surface area (Å²) < 4.78 is 1.47. The van der Waals surface area contributed by atoms with Crippen molar-refractivity contribution in [2.45, 2.75) is 18.7 Å². The predicted octanol–water partition coefficient (Wildman–Crippen LogP) is 1.33. The number of nitrogens with two attached hydrogens (primary N) is 1. The first-order chi connectivity index (χ1) is 9.65. The number of benzene rings is 1. The van der Waals surface area contributed by atoms with Crippen LogP contribution < -0.4 is 11.4 Å². The number of aromatic nitrogens is 2. The summed E-state index contributed by atoms with van der Waals surface area (Å²) in [5.74, 6) is 0.220. The lowest BCUT2D eigenvalue weighted by Gasteiger charge is -2.17. The lowest BCUT2D eigenvalue weighted by Crippen LogP contribution is -2.27. The maximum absolute atomic E-state index is 11.9. The molecule has 0 saturated carbocycles. The molecule has 3 rings (SSSR count). The molecule has 0 spiro atoms. The molecule has 6 nitrogen and oxygen atoms in total. The fraction of sp³-hybridized carbons (Fsp3) is 0.286. The van der Waals surface area contributed by atoms with Gasteiger partial charge in [-0.15, -0.1) is 0 Å². The van der Waals surface area contributed by atoms with E-state index in [2.05, 4.69) is 17.1 Å². The molecule has 2 aromatic rings. The van der Waals surface area contributed by atoms with Crippen molar-refractivity contribution in [3.8, 4) is 0 Å². The zero-order valence-corrected chi connectivity index (χ0v) is 11.1. The van der Waals surface area contributed by atoms with Gasteiger partial charge in [0, 0.05) is 19.7 Å². The first-order valence-electron chi connectivity index (χ1n) is 6.44. The van der Waals surface area contributed by atoms with Crippen LogP contribution in [0.5, 0.6) is 0 Å². The van der Waals surface area contributed by atoms with Crippen LogP contribution >= 0.6 is 0 Å². The van der Waals surface area contributed by atoms with Gasteiger partial charge in [0.15, 0.2) is 6.23 Å². The zero-order chi connectivity index (χ0) is 14.1. The third-order valence-electron chi connectivity index (χ3n) is 3.50. The number of hydrogen-bond donors (Lipinski definition) is 1. The van der Waals surface area contributed by atoms with Crippen LogP contribution in [0.1, 0.15) is 24.3 Å². The van der Waals surface area contributed by atoms with Gasteiger partial charge < -0.3 is 5.73 Å². The van der Waals surface area contributed by atoms with Crippen LogP contribution in [-0.2, 0) is 4.84 Å². The second kappa shape index (κ2) is 5.07. The van der Waals surface area contributed by atoms with Crippen molar-refractivity contribution in [3.63, 3.8) is 0 Å². The van der Waals surface area contributed by atoms with E-state index in [-0.39, 0.29) is 18.1 Å². The number of anilines is 1. The largest absolute Gasteiger partial charge is 0.383 e. The highest BCUT2D eigenvalue weighted by molar-refractivity contribution is 5.24. The molecule has 1 saturated heterocycles. The average molecular weight is 272 g/mol. The fourth-order valence-corrected chi connectivity index (χ4v) is 2.48. The quantitative estimate of drug-likeness (QED) is 0.893. The monoisotopic (exact) mass is 272 g/mol. The molecule has 0 amide bonds. The van der Waals surface area contributed by atoms with E-state index < -0.39 is 5.69 Å². The van der Waals surface area contributed by atoms with Crippen LogP contribution in [0.25, 0.3) is 0 Å². The lowest BCUT2D eigenvalue weighted by molar-refractivity contribution is -0.167. The predicted molar refractivity (Wildman–Crippen MR) is 74.6 cm³/mol. The van der Waals surface area contributed by atoms with Gasteiger partial charge >= 0.3 is 5.69 Å². The Balaban J connectivity index is 1.87. The Bertz CT molecular complexity index is 656. The average Bonchev–Trinajstić information content (AvgIpc) is 2.81. The highest BCUT2D eigenvalue weighted by atomic mass is 16.7. The van der Waals surface area contributed by atoms with Crippen molar-refractivity contribution in [2.75, 3.05) is 12.8 Å². The first-order valence-corrected chi connectivity index (χ1v) is 6.44. The standard InChI is InChI=1S/C14H16N4O2/c1-17-11(10-5-3-2-4-6-10)9-13(20-17)18-8-7-12(15)16-14(18)19/h2-8,11,13H,9H2,1H3,(H2,15,16,19)/t11-,13-/m1/s1. The molecule has 1 fully saturated rings. The van der Waals surface area contributed by atoms with E-state index >= 15 is 0 Å². The van der Waals surface area contributed by atoms with Crippen molar-refractivity contribution in [1.29, 1.82) is 0 Å². The lowest BCUT2D eigenvalue weighted by atomic mass is 10.0. The third-order valence-corrected chi connectivity index (χ3v) is 3.50. The van der Waals surface area contributed by atoms with Gasteiger partial charge in [-0.2, -0.15) is 10.0 Å². The molecule has 6 heteroatoms. The Hall–Kier alpha value is -2.18. The van der Waals surface area contributed by atoms with Crippen LogP contribution in [0, 0.1) is 0 Å². The molecule has 0 aliphatic carbocycles. The summed E-state index contributed by atoms with van der Waals surface area (Å²) in [4.78, 5) is 21.3. The summed E-state index contributed by atoms with van der Waals surface area (Å²) in [5, 5.41) is 1.78. The minimum Gasteiger partial charge on any atom is -0.383 e. The minimum atomic E-state index is -0.392. The molecule has 2 atom stereocenters. The maximum Gasteiger partial charge on any atom is 0.351 e.